The molecule has 4 aromatic rings. The molecule has 2 heterocycles. The Bertz CT molecular complexity index is 953. The predicted octanol–water partition coefficient (Wildman–Crippen LogP) is 4.43. The molecular weight excluding hydrogens is 366 g/mol. The van der Waals surface area contributed by atoms with Crippen molar-refractivity contribution in [3.63, 3.8) is 0 Å². The van der Waals surface area contributed by atoms with E-state index < -0.39 is 0 Å². The van der Waals surface area contributed by atoms with E-state index in [4.69, 9.17) is 0 Å². The van der Waals surface area contributed by atoms with E-state index in [1.807, 2.05) is 36.4 Å². The zero-order valence-electron chi connectivity index (χ0n) is 11.2. The average Bonchev–Trinajstić information content (AvgIpc) is 2.93. The number of hydrogen-bond acceptors (Lipinski definition) is 4. The molecule has 0 saturated carbocycles. The number of imidazole rings is 1. The molecule has 0 saturated heterocycles. The van der Waals surface area contributed by atoms with Crippen molar-refractivity contribution in [1.82, 2.24) is 19.9 Å². The van der Waals surface area contributed by atoms with Crippen molar-refractivity contribution in [1.29, 1.82) is 0 Å². The van der Waals surface area contributed by atoms with E-state index in [1.165, 1.54) is 0 Å². The molecule has 0 atom stereocenters. The van der Waals surface area contributed by atoms with Crippen molar-refractivity contribution in [2.45, 2.75) is 0 Å². The van der Waals surface area contributed by atoms with E-state index in [0.717, 1.165) is 37.9 Å². The van der Waals surface area contributed by atoms with Crippen molar-refractivity contribution in [3.8, 4) is 0 Å². The molecule has 0 aliphatic carbocycles. The van der Waals surface area contributed by atoms with Gasteiger partial charge in [0.15, 0.2) is 0 Å². The summed E-state index contributed by atoms with van der Waals surface area (Å²) in [6.45, 7) is 0. The molecule has 0 radical (unpaired) electrons. The highest BCUT2D eigenvalue weighted by Crippen LogP contribution is 2.27. The lowest BCUT2D eigenvalue weighted by Gasteiger charge is -2.08. The Kier molecular flexibility index (Phi) is 3.96. The van der Waals surface area contributed by atoms with Gasteiger partial charge in [-0.3, -0.25) is 0 Å². The Morgan fingerprint density at radius 3 is 2.77 bits per heavy atom. The number of benzene rings is 2. The largest absolute Gasteiger partial charge is 0.345 e. The molecular formula is C15H11BrClN5. The number of H-pyrrole nitrogens is 1. The van der Waals surface area contributed by atoms with Crippen LogP contribution in [0.4, 0.5) is 11.5 Å². The van der Waals surface area contributed by atoms with Crippen LogP contribution in [0.1, 0.15) is 0 Å². The Balaban J connectivity index is 0.00000144. The van der Waals surface area contributed by atoms with E-state index >= 15 is 0 Å². The monoisotopic (exact) mass is 375 g/mol. The maximum atomic E-state index is 4.35. The SMILES string of the molecule is Brc1cccc(Nc2ncnc3cc4nc[nH]c4cc23)c1.Cl. The molecule has 22 heavy (non-hydrogen) atoms. The van der Waals surface area contributed by atoms with Crippen LogP contribution in [-0.2, 0) is 0 Å². The summed E-state index contributed by atoms with van der Waals surface area (Å²) in [5.41, 5.74) is 3.69. The van der Waals surface area contributed by atoms with Gasteiger partial charge in [-0.1, -0.05) is 22.0 Å². The van der Waals surface area contributed by atoms with Crippen LogP contribution in [0.5, 0.6) is 0 Å². The van der Waals surface area contributed by atoms with Crippen molar-refractivity contribution in [3.05, 3.63) is 53.5 Å². The summed E-state index contributed by atoms with van der Waals surface area (Å²) in [5, 5.41) is 4.28. The highest BCUT2D eigenvalue weighted by atomic mass is 79.9. The fraction of sp³-hybridized carbons (Fsp3) is 0. The van der Waals surface area contributed by atoms with Gasteiger partial charge >= 0.3 is 0 Å². The summed E-state index contributed by atoms with van der Waals surface area (Å²) < 4.78 is 1.02. The molecule has 2 N–H and O–H groups in total. The molecule has 0 aliphatic heterocycles. The molecule has 2 aromatic heterocycles. The lowest BCUT2D eigenvalue weighted by Crippen LogP contribution is -1.96. The molecule has 0 unspecified atom stereocenters. The maximum Gasteiger partial charge on any atom is 0.141 e. The summed E-state index contributed by atoms with van der Waals surface area (Å²) >= 11 is 3.47. The lowest BCUT2D eigenvalue weighted by atomic mass is 10.2. The minimum absolute atomic E-state index is 0. The summed E-state index contributed by atoms with van der Waals surface area (Å²) in [4.78, 5) is 16.0. The van der Waals surface area contributed by atoms with Gasteiger partial charge in [0.05, 0.1) is 22.9 Å². The molecule has 0 spiro atoms. The van der Waals surface area contributed by atoms with Gasteiger partial charge in [-0.15, -0.1) is 12.4 Å². The zero-order valence-corrected chi connectivity index (χ0v) is 13.6. The average molecular weight is 377 g/mol. The second-order valence-corrected chi connectivity index (χ2v) is 5.56. The molecule has 4 rings (SSSR count). The molecule has 7 heteroatoms. The number of nitrogens with zero attached hydrogens (tertiary/aromatic N) is 3. The van der Waals surface area contributed by atoms with Gasteiger partial charge in [-0.05, 0) is 30.3 Å². The van der Waals surface area contributed by atoms with Crippen LogP contribution in [0.3, 0.4) is 0 Å². The minimum Gasteiger partial charge on any atom is -0.345 e. The quantitative estimate of drug-likeness (QED) is 0.543. The maximum absolute atomic E-state index is 4.35. The van der Waals surface area contributed by atoms with E-state index in [9.17, 15) is 0 Å². The lowest BCUT2D eigenvalue weighted by molar-refractivity contribution is 1.22. The van der Waals surface area contributed by atoms with Crippen LogP contribution >= 0.6 is 28.3 Å². The van der Waals surface area contributed by atoms with Crippen LogP contribution in [0.25, 0.3) is 21.9 Å². The summed E-state index contributed by atoms with van der Waals surface area (Å²) in [5.74, 6) is 0.773. The van der Waals surface area contributed by atoms with Crippen LogP contribution in [0, 0.1) is 0 Å². The van der Waals surface area contributed by atoms with Crippen LogP contribution in [-0.4, -0.2) is 19.9 Å². The molecule has 110 valence electrons. The number of fused-ring (bicyclic) bond motifs is 2. The van der Waals surface area contributed by atoms with Gasteiger partial charge in [0.25, 0.3) is 0 Å². The second kappa shape index (κ2) is 5.90. The van der Waals surface area contributed by atoms with Crippen molar-refractivity contribution in [2.24, 2.45) is 0 Å². The first-order valence-electron chi connectivity index (χ1n) is 6.40. The number of hydrogen-bond donors (Lipinski definition) is 2. The Morgan fingerprint density at radius 1 is 1.00 bits per heavy atom. The van der Waals surface area contributed by atoms with Gasteiger partial charge in [0.2, 0.25) is 0 Å². The summed E-state index contributed by atoms with van der Waals surface area (Å²) in [6, 6.07) is 11.9. The molecule has 5 nitrogen and oxygen atoms in total. The van der Waals surface area contributed by atoms with Gasteiger partial charge in [0, 0.05) is 15.5 Å². The minimum atomic E-state index is 0. The Labute approximate surface area is 140 Å². The molecule has 0 aliphatic rings. The third kappa shape index (κ3) is 2.63. The fourth-order valence-electron chi connectivity index (χ4n) is 2.29. The molecule has 0 fully saturated rings. The smallest absolute Gasteiger partial charge is 0.141 e. The number of aromatic amines is 1. The van der Waals surface area contributed by atoms with Gasteiger partial charge < -0.3 is 10.3 Å². The number of halogens is 2. The Hall–Kier alpha value is -2.18. The summed E-state index contributed by atoms with van der Waals surface area (Å²) in [7, 11) is 0. The Morgan fingerprint density at radius 2 is 1.91 bits per heavy atom. The standard InChI is InChI=1S/C15H10BrN5.ClH/c16-9-2-1-3-10(4-9)21-15-11-5-13-14(19-7-18-13)6-12(11)17-8-20-15;/h1-8H,(H,18,19)(H,17,20,21);1H. The summed E-state index contributed by atoms with van der Waals surface area (Å²) in [6.07, 6.45) is 3.24. The van der Waals surface area contributed by atoms with Crippen LogP contribution < -0.4 is 5.32 Å². The highest BCUT2D eigenvalue weighted by molar-refractivity contribution is 9.10. The van der Waals surface area contributed by atoms with Crippen molar-refractivity contribution < 1.29 is 0 Å². The van der Waals surface area contributed by atoms with Crippen molar-refractivity contribution >= 4 is 61.8 Å². The first kappa shape index (κ1) is 14.7. The number of rotatable bonds is 2. The van der Waals surface area contributed by atoms with Crippen LogP contribution in [0.2, 0.25) is 0 Å². The normalized spacial score (nSPS) is 10.6. The first-order chi connectivity index (χ1) is 10.3. The topological polar surface area (TPSA) is 66.5 Å². The zero-order chi connectivity index (χ0) is 14.2. The fourth-order valence-corrected chi connectivity index (χ4v) is 2.69. The first-order valence-corrected chi connectivity index (χ1v) is 7.19. The van der Waals surface area contributed by atoms with Gasteiger partial charge in [-0.2, -0.15) is 0 Å². The molecule has 2 aromatic carbocycles. The van der Waals surface area contributed by atoms with Gasteiger partial charge in [0.1, 0.15) is 12.1 Å². The third-order valence-electron chi connectivity index (χ3n) is 3.26. The van der Waals surface area contributed by atoms with E-state index in [-0.39, 0.29) is 12.4 Å². The number of anilines is 2. The van der Waals surface area contributed by atoms with Crippen molar-refractivity contribution in [2.75, 3.05) is 5.32 Å². The number of nitrogens with one attached hydrogen (secondary N) is 2. The molecule has 0 bridgehead atoms. The van der Waals surface area contributed by atoms with E-state index in [2.05, 4.69) is 41.2 Å². The van der Waals surface area contributed by atoms with Gasteiger partial charge in [-0.25, -0.2) is 15.0 Å². The second-order valence-electron chi connectivity index (χ2n) is 4.65. The molecule has 0 amide bonds. The number of aromatic nitrogens is 4. The highest BCUT2D eigenvalue weighted by Gasteiger charge is 2.07. The predicted molar refractivity (Wildman–Crippen MR) is 93.9 cm³/mol. The van der Waals surface area contributed by atoms with Crippen LogP contribution in [0.15, 0.2) is 53.5 Å². The third-order valence-corrected chi connectivity index (χ3v) is 3.76. The van der Waals surface area contributed by atoms with E-state index in [0.29, 0.717) is 0 Å². The van der Waals surface area contributed by atoms with E-state index in [1.54, 1.807) is 12.7 Å².